The summed E-state index contributed by atoms with van der Waals surface area (Å²) < 4.78 is 39.5. The minimum absolute atomic E-state index is 0.0676. The predicted octanol–water partition coefficient (Wildman–Crippen LogP) is 3.68. The van der Waals surface area contributed by atoms with Crippen LogP contribution in [0.15, 0.2) is 77.7 Å². The van der Waals surface area contributed by atoms with Crippen LogP contribution in [0, 0.1) is 0 Å². The van der Waals surface area contributed by atoms with E-state index in [1.54, 1.807) is 30.3 Å². The van der Waals surface area contributed by atoms with Crippen LogP contribution in [0.3, 0.4) is 0 Å². The first kappa shape index (κ1) is 24.6. The number of likely N-dealkylation sites (N-methyl/N-ethyl adjacent to an activating group) is 1. The van der Waals surface area contributed by atoms with E-state index in [-0.39, 0.29) is 16.8 Å². The van der Waals surface area contributed by atoms with Gasteiger partial charge in [-0.25, -0.2) is 8.42 Å². The van der Waals surface area contributed by atoms with Crippen molar-refractivity contribution in [2.45, 2.75) is 17.4 Å². The zero-order valence-corrected chi connectivity index (χ0v) is 20.5. The molecule has 0 fully saturated rings. The first-order chi connectivity index (χ1) is 16.8. The number of carbonyl (C=O) groups is 1. The average Bonchev–Trinajstić information content (AvgIpc) is 3.09. The molecule has 8 nitrogen and oxygen atoms in total. The van der Waals surface area contributed by atoms with Crippen molar-refractivity contribution in [1.29, 1.82) is 0 Å². The van der Waals surface area contributed by atoms with Crippen LogP contribution in [0.5, 0.6) is 11.5 Å². The summed E-state index contributed by atoms with van der Waals surface area (Å²) in [5.41, 5.74) is 1.79. The topological polar surface area (TPSA) is 97.0 Å². The third kappa shape index (κ3) is 6.32. The van der Waals surface area contributed by atoms with Crippen LogP contribution in [0.2, 0.25) is 0 Å². The number of carbonyl (C=O) groups excluding carboxylic acids is 1. The van der Waals surface area contributed by atoms with Crippen LogP contribution in [-0.2, 0) is 10.0 Å². The summed E-state index contributed by atoms with van der Waals surface area (Å²) in [7, 11) is 0.0494. The molecule has 9 heteroatoms. The largest absolute Gasteiger partial charge is 0.490 e. The molecule has 0 spiro atoms. The highest BCUT2D eigenvalue weighted by atomic mass is 32.2. The number of nitrogens with zero attached hydrogens (tertiary/aromatic N) is 1. The van der Waals surface area contributed by atoms with Crippen molar-refractivity contribution in [3.8, 4) is 11.5 Å². The number of sulfonamides is 1. The lowest BCUT2D eigenvalue weighted by molar-refractivity contribution is 0.0930. The highest BCUT2D eigenvalue weighted by Crippen LogP contribution is 2.32. The van der Waals surface area contributed by atoms with E-state index in [0.717, 1.165) is 12.0 Å². The molecule has 0 saturated carbocycles. The van der Waals surface area contributed by atoms with Crippen LogP contribution < -0.4 is 19.5 Å². The molecule has 0 aliphatic carbocycles. The highest BCUT2D eigenvalue weighted by Gasteiger charge is 2.20. The summed E-state index contributed by atoms with van der Waals surface area (Å²) in [6.45, 7) is 1.63. The Kier molecular flexibility index (Phi) is 7.57. The van der Waals surface area contributed by atoms with Gasteiger partial charge in [-0.2, -0.15) is 0 Å². The van der Waals surface area contributed by atoms with Gasteiger partial charge in [0.15, 0.2) is 11.5 Å². The van der Waals surface area contributed by atoms with Gasteiger partial charge in [0.25, 0.3) is 15.9 Å². The van der Waals surface area contributed by atoms with Crippen LogP contribution >= 0.6 is 0 Å². The Morgan fingerprint density at radius 1 is 0.943 bits per heavy atom. The summed E-state index contributed by atoms with van der Waals surface area (Å²) in [4.78, 5) is 15.0. The second-order valence-corrected chi connectivity index (χ2v) is 10.2. The second-order valence-electron chi connectivity index (χ2n) is 8.54. The lowest BCUT2D eigenvalue weighted by atomic mass is 10.1. The maximum absolute atomic E-state index is 12.9. The van der Waals surface area contributed by atoms with Gasteiger partial charge in [-0.3, -0.25) is 9.52 Å². The zero-order chi connectivity index (χ0) is 24.8. The molecule has 4 rings (SSSR count). The monoisotopic (exact) mass is 495 g/mol. The molecule has 0 bridgehead atoms. The summed E-state index contributed by atoms with van der Waals surface area (Å²) in [6, 6.07) is 20.4. The first-order valence-electron chi connectivity index (χ1n) is 11.3. The number of hydrogen-bond donors (Lipinski definition) is 2. The van der Waals surface area contributed by atoms with Crippen molar-refractivity contribution in [1.82, 2.24) is 10.2 Å². The number of ether oxygens (including phenoxy) is 2. The standard InChI is InChI=1S/C26H29N3O5S/c1-29(2)18-23(19-7-4-3-5-8-19)27-26(30)20-9-11-21(12-10-20)28-35(31,32)22-13-14-24-25(17-22)34-16-6-15-33-24/h3-5,7-14,17,23,28H,6,15-16,18H2,1-2H3,(H,27,30). The Hall–Kier alpha value is -3.56. The molecular weight excluding hydrogens is 466 g/mol. The molecule has 1 aliphatic rings. The average molecular weight is 496 g/mol. The third-order valence-corrected chi connectivity index (χ3v) is 6.86. The quantitative estimate of drug-likeness (QED) is 0.495. The lowest BCUT2D eigenvalue weighted by Gasteiger charge is -2.23. The molecule has 3 aromatic rings. The third-order valence-electron chi connectivity index (χ3n) is 5.48. The normalized spacial score (nSPS) is 14.1. The predicted molar refractivity (Wildman–Crippen MR) is 135 cm³/mol. The Balaban J connectivity index is 1.45. The van der Waals surface area contributed by atoms with Crippen molar-refractivity contribution in [3.63, 3.8) is 0 Å². The van der Waals surface area contributed by atoms with E-state index < -0.39 is 10.0 Å². The van der Waals surface area contributed by atoms with Crippen LogP contribution in [0.4, 0.5) is 5.69 Å². The number of nitrogens with one attached hydrogen (secondary N) is 2. The van der Waals surface area contributed by atoms with Gasteiger partial charge in [0.1, 0.15) is 0 Å². The number of benzene rings is 3. The fraction of sp³-hybridized carbons (Fsp3) is 0.269. The number of anilines is 1. The second kappa shape index (κ2) is 10.8. The van der Waals surface area contributed by atoms with E-state index in [0.29, 0.717) is 42.5 Å². The Labute approximate surface area is 205 Å². The maximum atomic E-state index is 12.9. The molecule has 0 aromatic heterocycles. The molecular formula is C26H29N3O5S. The van der Waals surface area contributed by atoms with Gasteiger partial charge in [-0.1, -0.05) is 30.3 Å². The maximum Gasteiger partial charge on any atom is 0.262 e. The lowest BCUT2D eigenvalue weighted by Crippen LogP contribution is -2.35. The zero-order valence-electron chi connectivity index (χ0n) is 19.7. The van der Waals surface area contributed by atoms with Crippen molar-refractivity contribution in [2.75, 3.05) is 38.6 Å². The molecule has 0 saturated heterocycles. The van der Waals surface area contributed by atoms with E-state index in [4.69, 9.17) is 9.47 Å². The van der Waals surface area contributed by atoms with E-state index in [1.165, 1.54) is 12.1 Å². The van der Waals surface area contributed by atoms with Gasteiger partial charge in [-0.15, -0.1) is 0 Å². The molecule has 2 N–H and O–H groups in total. The molecule has 0 radical (unpaired) electrons. The van der Waals surface area contributed by atoms with Crippen molar-refractivity contribution in [2.24, 2.45) is 0 Å². The summed E-state index contributed by atoms with van der Waals surface area (Å²) >= 11 is 0. The van der Waals surface area contributed by atoms with Crippen molar-refractivity contribution < 1.29 is 22.7 Å². The summed E-state index contributed by atoms with van der Waals surface area (Å²) in [5, 5.41) is 3.06. The van der Waals surface area contributed by atoms with Gasteiger partial charge in [-0.05, 0) is 56.1 Å². The molecule has 1 unspecified atom stereocenters. The van der Waals surface area contributed by atoms with Gasteiger partial charge in [0.05, 0.1) is 24.2 Å². The molecule has 3 aromatic carbocycles. The SMILES string of the molecule is CN(C)CC(NC(=O)c1ccc(NS(=O)(=O)c2ccc3c(c2)OCCCO3)cc1)c1ccccc1. The summed E-state index contributed by atoms with van der Waals surface area (Å²) in [6.07, 6.45) is 0.732. The van der Waals surface area contributed by atoms with Crippen LogP contribution in [0.1, 0.15) is 28.4 Å². The van der Waals surface area contributed by atoms with E-state index >= 15 is 0 Å². The van der Waals surface area contributed by atoms with E-state index in [2.05, 4.69) is 10.0 Å². The highest BCUT2D eigenvalue weighted by molar-refractivity contribution is 7.92. The van der Waals surface area contributed by atoms with Crippen LogP contribution in [-0.4, -0.2) is 53.1 Å². The minimum atomic E-state index is -3.85. The Morgan fingerprint density at radius 2 is 1.63 bits per heavy atom. The Morgan fingerprint density at radius 3 is 2.31 bits per heavy atom. The van der Waals surface area contributed by atoms with Crippen LogP contribution in [0.25, 0.3) is 0 Å². The van der Waals surface area contributed by atoms with Crippen molar-refractivity contribution in [3.05, 3.63) is 83.9 Å². The van der Waals surface area contributed by atoms with E-state index in [1.807, 2.05) is 49.3 Å². The first-order valence-corrected chi connectivity index (χ1v) is 12.8. The number of rotatable bonds is 8. The minimum Gasteiger partial charge on any atom is -0.490 e. The fourth-order valence-corrected chi connectivity index (χ4v) is 4.81. The summed E-state index contributed by atoms with van der Waals surface area (Å²) in [5.74, 6) is 0.695. The number of amides is 1. The smallest absolute Gasteiger partial charge is 0.262 e. The van der Waals surface area contributed by atoms with Gasteiger partial charge in [0, 0.05) is 30.3 Å². The molecule has 1 amide bonds. The number of hydrogen-bond acceptors (Lipinski definition) is 6. The van der Waals surface area contributed by atoms with Gasteiger partial charge >= 0.3 is 0 Å². The molecule has 1 heterocycles. The molecule has 1 aliphatic heterocycles. The fourth-order valence-electron chi connectivity index (χ4n) is 3.74. The van der Waals surface area contributed by atoms with Crippen molar-refractivity contribution >= 4 is 21.6 Å². The molecule has 184 valence electrons. The van der Waals surface area contributed by atoms with Gasteiger partial charge < -0.3 is 19.7 Å². The molecule has 1 atom stereocenters. The van der Waals surface area contributed by atoms with E-state index in [9.17, 15) is 13.2 Å². The van der Waals surface area contributed by atoms with Gasteiger partial charge in [0.2, 0.25) is 0 Å². The number of fused-ring (bicyclic) bond motifs is 1. The molecule has 35 heavy (non-hydrogen) atoms. The Bertz CT molecular complexity index is 1260.